The monoisotopic (exact) mass is 326 g/mol. The van der Waals surface area contributed by atoms with Gasteiger partial charge in [-0.3, -0.25) is 4.79 Å². The van der Waals surface area contributed by atoms with Crippen LogP contribution in [0.3, 0.4) is 0 Å². The van der Waals surface area contributed by atoms with Crippen LogP contribution in [0.2, 0.25) is 0 Å². The number of carbonyl (C=O) groups is 1. The van der Waals surface area contributed by atoms with E-state index in [9.17, 15) is 4.79 Å². The summed E-state index contributed by atoms with van der Waals surface area (Å²) in [4.78, 5) is 11.4. The van der Waals surface area contributed by atoms with Crippen molar-refractivity contribution < 1.29 is 14.3 Å². The van der Waals surface area contributed by atoms with Crippen LogP contribution in [0.4, 0.5) is 0 Å². The first-order valence-electron chi connectivity index (χ1n) is 8.70. The zero-order valence-electron chi connectivity index (χ0n) is 14.6. The third kappa shape index (κ3) is 5.73. The summed E-state index contributed by atoms with van der Waals surface area (Å²) in [5, 5.41) is 0. The quantitative estimate of drug-likeness (QED) is 0.479. The van der Waals surface area contributed by atoms with Crippen molar-refractivity contribution in [2.24, 2.45) is 0 Å². The summed E-state index contributed by atoms with van der Waals surface area (Å²) in [7, 11) is 0. The number of ether oxygens (including phenoxy) is 2. The molecular weight excluding hydrogens is 300 g/mol. The second-order valence-corrected chi connectivity index (χ2v) is 5.73. The van der Waals surface area contributed by atoms with Crippen LogP contribution in [-0.2, 0) is 16.0 Å². The number of carbonyl (C=O) groups excluding carboxylic acids is 1. The lowest BCUT2D eigenvalue weighted by Crippen LogP contribution is -2.05. The summed E-state index contributed by atoms with van der Waals surface area (Å²) in [6.07, 6.45) is 3.36. The Hall–Kier alpha value is -2.29. The normalized spacial score (nSPS) is 10.4. The largest absolute Gasteiger partial charge is 0.494 e. The first kappa shape index (κ1) is 18.1. The number of esters is 1. The number of rotatable bonds is 9. The molecule has 0 aliphatic heterocycles. The Bertz CT molecular complexity index is 615. The fourth-order valence-corrected chi connectivity index (χ4v) is 2.42. The highest BCUT2D eigenvalue weighted by Crippen LogP contribution is 2.23. The van der Waals surface area contributed by atoms with Crippen molar-refractivity contribution in [3.63, 3.8) is 0 Å². The fraction of sp³-hybridized carbons (Fsp3) is 0.381. The molecule has 0 amide bonds. The third-order valence-electron chi connectivity index (χ3n) is 3.83. The maximum absolute atomic E-state index is 11.4. The Morgan fingerprint density at radius 2 is 1.54 bits per heavy atom. The van der Waals surface area contributed by atoms with Gasteiger partial charge in [0.25, 0.3) is 0 Å². The van der Waals surface area contributed by atoms with Crippen LogP contribution in [-0.4, -0.2) is 19.2 Å². The highest BCUT2D eigenvalue weighted by atomic mass is 16.5. The van der Waals surface area contributed by atoms with Crippen LogP contribution >= 0.6 is 0 Å². The summed E-state index contributed by atoms with van der Waals surface area (Å²) in [5.41, 5.74) is 3.47. The van der Waals surface area contributed by atoms with Crippen LogP contribution in [0, 0.1) is 0 Å². The molecule has 0 radical (unpaired) electrons. The summed E-state index contributed by atoms with van der Waals surface area (Å²) >= 11 is 0. The Labute approximate surface area is 144 Å². The Morgan fingerprint density at radius 1 is 0.917 bits per heavy atom. The van der Waals surface area contributed by atoms with Crippen molar-refractivity contribution in [2.45, 2.75) is 39.5 Å². The van der Waals surface area contributed by atoms with Crippen molar-refractivity contribution in [1.29, 1.82) is 0 Å². The molecule has 0 aliphatic rings. The second kappa shape index (κ2) is 9.76. The van der Waals surface area contributed by atoms with Gasteiger partial charge in [-0.05, 0) is 48.6 Å². The molecular formula is C21H26O3. The van der Waals surface area contributed by atoms with Crippen molar-refractivity contribution in [2.75, 3.05) is 13.2 Å². The summed E-state index contributed by atoms with van der Waals surface area (Å²) in [6, 6.07) is 16.5. The lowest BCUT2D eigenvalue weighted by Gasteiger charge is -2.08. The molecule has 2 aromatic rings. The van der Waals surface area contributed by atoms with E-state index in [1.54, 1.807) is 0 Å². The minimum absolute atomic E-state index is 0.139. The molecule has 3 heteroatoms. The van der Waals surface area contributed by atoms with Crippen LogP contribution in [0.25, 0.3) is 11.1 Å². The molecule has 0 bridgehead atoms. The summed E-state index contributed by atoms with van der Waals surface area (Å²) in [5.74, 6) is 0.776. The summed E-state index contributed by atoms with van der Waals surface area (Å²) < 4.78 is 10.6. The Balaban J connectivity index is 1.91. The molecule has 0 unspecified atom stereocenters. The number of hydrogen-bond donors (Lipinski definition) is 0. The lowest BCUT2D eigenvalue weighted by atomic mass is 10.0. The molecule has 0 N–H and O–H groups in total. The van der Waals surface area contributed by atoms with Crippen molar-refractivity contribution in [1.82, 2.24) is 0 Å². The molecule has 24 heavy (non-hydrogen) atoms. The average molecular weight is 326 g/mol. The molecule has 0 aromatic heterocycles. The molecule has 2 aromatic carbocycles. The van der Waals surface area contributed by atoms with E-state index in [4.69, 9.17) is 9.47 Å². The Morgan fingerprint density at radius 3 is 2.12 bits per heavy atom. The zero-order chi connectivity index (χ0) is 17.2. The Kier molecular flexibility index (Phi) is 7.34. The highest BCUT2D eigenvalue weighted by Gasteiger charge is 2.04. The predicted molar refractivity (Wildman–Crippen MR) is 97.2 cm³/mol. The predicted octanol–water partition coefficient (Wildman–Crippen LogP) is 5.03. The van der Waals surface area contributed by atoms with Gasteiger partial charge in [0.1, 0.15) is 5.75 Å². The van der Waals surface area contributed by atoms with E-state index in [1.807, 2.05) is 19.1 Å². The minimum atomic E-state index is -0.139. The lowest BCUT2D eigenvalue weighted by molar-refractivity contribution is -0.143. The SMILES string of the molecule is CCCCOc1ccc(-c2ccc(CCC(=O)OCC)cc2)cc1. The van der Waals surface area contributed by atoms with Gasteiger partial charge in [-0.2, -0.15) is 0 Å². The average Bonchev–Trinajstić information content (AvgIpc) is 2.62. The van der Waals surface area contributed by atoms with Gasteiger partial charge in [0, 0.05) is 6.42 Å². The third-order valence-corrected chi connectivity index (χ3v) is 3.83. The molecule has 0 heterocycles. The van der Waals surface area contributed by atoms with E-state index >= 15 is 0 Å². The van der Waals surface area contributed by atoms with Crippen LogP contribution < -0.4 is 4.74 Å². The van der Waals surface area contributed by atoms with Crippen molar-refractivity contribution in [3.8, 4) is 16.9 Å². The first-order valence-corrected chi connectivity index (χ1v) is 8.70. The number of aryl methyl sites for hydroxylation is 1. The van der Waals surface area contributed by atoms with E-state index in [-0.39, 0.29) is 5.97 Å². The summed E-state index contributed by atoms with van der Waals surface area (Å²) in [6.45, 7) is 5.19. The first-order chi connectivity index (χ1) is 11.7. The molecule has 0 saturated carbocycles. The van der Waals surface area contributed by atoms with Crippen LogP contribution in [0.1, 0.15) is 38.7 Å². The molecule has 0 fully saturated rings. The molecule has 0 saturated heterocycles. The highest BCUT2D eigenvalue weighted by molar-refractivity contribution is 5.70. The van der Waals surface area contributed by atoms with Gasteiger partial charge >= 0.3 is 5.97 Å². The van der Waals surface area contributed by atoms with E-state index < -0.39 is 0 Å². The molecule has 128 valence electrons. The van der Waals surface area contributed by atoms with Gasteiger partial charge in [0.15, 0.2) is 0 Å². The topological polar surface area (TPSA) is 35.5 Å². The van der Waals surface area contributed by atoms with Crippen molar-refractivity contribution in [3.05, 3.63) is 54.1 Å². The van der Waals surface area contributed by atoms with Gasteiger partial charge < -0.3 is 9.47 Å². The van der Waals surface area contributed by atoms with Crippen molar-refractivity contribution >= 4 is 5.97 Å². The molecule has 3 nitrogen and oxygen atoms in total. The van der Waals surface area contributed by atoms with Crippen LogP contribution in [0.15, 0.2) is 48.5 Å². The zero-order valence-corrected chi connectivity index (χ0v) is 14.6. The van der Waals surface area contributed by atoms with Gasteiger partial charge in [0.05, 0.1) is 13.2 Å². The van der Waals surface area contributed by atoms with E-state index in [1.165, 1.54) is 0 Å². The standard InChI is InChI=1S/C21H26O3/c1-3-5-16-24-20-13-11-19(12-14-20)18-9-6-17(7-10-18)8-15-21(22)23-4-2/h6-7,9-14H,3-5,8,15-16H2,1-2H3. The van der Waals surface area contributed by atoms with Gasteiger partial charge in [-0.25, -0.2) is 0 Å². The molecule has 2 rings (SSSR count). The maximum Gasteiger partial charge on any atom is 0.306 e. The van der Waals surface area contributed by atoms with Gasteiger partial charge in [0.2, 0.25) is 0 Å². The smallest absolute Gasteiger partial charge is 0.306 e. The van der Waals surface area contributed by atoms with Gasteiger partial charge in [-0.15, -0.1) is 0 Å². The molecule has 0 atom stereocenters. The van der Waals surface area contributed by atoms with E-state index in [2.05, 4.69) is 43.3 Å². The fourth-order valence-electron chi connectivity index (χ4n) is 2.42. The number of benzene rings is 2. The number of hydrogen-bond acceptors (Lipinski definition) is 3. The number of unbranched alkanes of at least 4 members (excludes halogenated alkanes) is 1. The van der Waals surface area contributed by atoms with Gasteiger partial charge in [-0.1, -0.05) is 49.7 Å². The van der Waals surface area contributed by atoms with E-state index in [0.717, 1.165) is 41.9 Å². The van der Waals surface area contributed by atoms with E-state index in [0.29, 0.717) is 19.4 Å². The molecule has 0 aliphatic carbocycles. The maximum atomic E-state index is 11.4. The molecule has 0 spiro atoms. The minimum Gasteiger partial charge on any atom is -0.494 e. The van der Waals surface area contributed by atoms with Crippen LogP contribution in [0.5, 0.6) is 5.75 Å². The second-order valence-electron chi connectivity index (χ2n) is 5.73.